The highest BCUT2D eigenvalue weighted by atomic mass is 32.1. The fraction of sp³-hybridized carbons (Fsp3) is 0.182. The first-order valence-electron chi connectivity index (χ1n) is 4.42. The van der Waals surface area contributed by atoms with Crippen molar-refractivity contribution in [2.45, 2.75) is 13.8 Å². The van der Waals surface area contributed by atoms with Gasteiger partial charge in [-0.25, -0.2) is 0 Å². The van der Waals surface area contributed by atoms with Crippen LogP contribution in [0.3, 0.4) is 0 Å². The molecule has 0 amide bonds. The van der Waals surface area contributed by atoms with Crippen LogP contribution in [0.5, 0.6) is 0 Å². The average molecular weight is 221 g/mol. The number of thiazole rings is 1. The lowest BCUT2D eigenvalue weighted by Gasteiger charge is -2.02. The number of aromatic amines is 1. The maximum atomic E-state index is 5.05. The maximum Gasteiger partial charge on any atom is 0.158 e. The Bertz CT molecular complexity index is 508. The molecule has 0 radical (unpaired) electrons. The van der Waals surface area contributed by atoms with E-state index in [-0.39, 0.29) is 0 Å². The normalized spacial score (nSPS) is 10.4. The highest BCUT2D eigenvalue weighted by Crippen LogP contribution is 2.22. The molecule has 2 aromatic rings. The van der Waals surface area contributed by atoms with Gasteiger partial charge >= 0.3 is 0 Å². The molecular formula is C11H11NS2. The molecule has 14 heavy (non-hydrogen) atoms. The van der Waals surface area contributed by atoms with Crippen LogP contribution in [0.25, 0.3) is 11.3 Å². The van der Waals surface area contributed by atoms with E-state index < -0.39 is 0 Å². The number of hydrogen-bond donors (Lipinski definition) is 1. The molecule has 0 bridgehead atoms. The monoisotopic (exact) mass is 221 g/mol. The fourth-order valence-corrected chi connectivity index (χ4v) is 2.17. The third-order valence-electron chi connectivity index (χ3n) is 2.34. The number of hydrogen-bond acceptors (Lipinski definition) is 2. The summed E-state index contributed by atoms with van der Waals surface area (Å²) in [7, 11) is 0. The van der Waals surface area contributed by atoms with Crippen LogP contribution in [-0.2, 0) is 0 Å². The first-order valence-corrected chi connectivity index (χ1v) is 5.71. The number of aromatic nitrogens is 1. The van der Waals surface area contributed by atoms with E-state index in [1.54, 1.807) is 11.3 Å². The summed E-state index contributed by atoms with van der Waals surface area (Å²) in [5.41, 5.74) is 4.96. The van der Waals surface area contributed by atoms with Crippen LogP contribution in [0.15, 0.2) is 23.6 Å². The third-order valence-corrected chi connectivity index (χ3v) is 3.40. The zero-order valence-corrected chi connectivity index (χ0v) is 9.76. The van der Waals surface area contributed by atoms with E-state index in [1.807, 2.05) is 0 Å². The third kappa shape index (κ3) is 1.79. The predicted octanol–water partition coefficient (Wildman–Crippen LogP) is 4.09. The fourth-order valence-electron chi connectivity index (χ4n) is 1.33. The summed E-state index contributed by atoms with van der Waals surface area (Å²) in [6, 6.07) is 6.44. The molecule has 0 spiro atoms. The lowest BCUT2D eigenvalue weighted by molar-refractivity contribution is 1.32. The number of H-pyrrole nitrogens is 1. The SMILES string of the molecule is Cc1ccc(-c2csc(=S)[nH]2)cc1C. The quantitative estimate of drug-likeness (QED) is 0.717. The summed E-state index contributed by atoms with van der Waals surface area (Å²) >= 11 is 6.62. The first kappa shape index (κ1) is 9.62. The molecule has 3 heteroatoms. The van der Waals surface area contributed by atoms with Crippen molar-refractivity contribution in [3.05, 3.63) is 38.7 Å². The van der Waals surface area contributed by atoms with Gasteiger partial charge in [0.25, 0.3) is 0 Å². The van der Waals surface area contributed by atoms with E-state index >= 15 is 0 Å². The van der Waals surface area contributed by atoms with Crippen LogP contribution >= 0.6 is 23.6 Å². The average Bonchev–Trinajstić information content (AvgIpc) is 2.57. The molecule has 1 N–H and O–H groups in total. The lowest BCUT2D eigenvalue weighted by atomic mass is 10.1. The molecule has 1 aromatic heterocycles. The Morgan fingerprint density at radius 3 is 2.57 bits per heavy atom. The summed E-state index contributed by atoms with van der Waals surface area (Å²) in [4.78, 5) is 3.17. The molecule has 0 aliphatic heterocycles. The Morgan fingerprint density at radius 1 is 1.21 bits per heavy atom. The van der Waals surface area contributed by atoms with Crippen LogP contribution in [-0.4, -0.2) is 4.98 Å². The molecule has 0 fully saturated rings. The van der Waals surface area contributed by atoms with Gasteiger partial charge in [-0.2, -0.15) is 0 Å². The van der Waals surface area contributed by atoms with Gasteiger partial charge in [0.05, 0.1) is 5.69 Å². The Morgan fingerprint density at radius 2 is 2.00 bits per heavy atom. The van der Waals surface area contributed by atoms with Crippen molar-refractivity contribution in [2.75, 3.05) is 0 Å². The number of rotatable bonds is 1. The Balaban J connectivity index is 2.52. The van der Waals surface area contributed by atoms with Gasteiger partial charge in [-0.15, -0.1) is 11.3 Å². The van der Waals surface area contributed by atoms with Gasteiger partial charge in [0.15, 0.2) is 3.95 Å². The van der Waals surface area contributed by atoms with Crippen LogP contribution in [0.2, 0.25) is 0 Å². The van der Waals surface area contributed by atoms with Crippen LogP contribution < -0.4 is 0 Å². The number of aryl methyl sites for hydroxylation is 2. The Kier molecular flexibility index (Phi) is 2.52. The van der Waals surface area contributed by atoms with Gasteiger partial charge in [-0.05, 0) is 48.8 Å². The highest BCUT2D eigenvalue weighted by molar-refractivity contribution is 7.73. The minimum Gasteiger partial charge on any atom is -0.337 e. The van der Waals surface area contributed by atoms with Gasteiger partial charge in [0.1, 0.15) is 0 Å². The molecule has 1 aromatic carbocycles. The van der Waals surface area contributed by atoms with E-state index in [1.165, 1.54) is 16.7 Å². The smallest absolute Gasteiger partial charge is 0.158 e. The van der Waals surface area contributed by atoms with Crippen LogP contribution in [0.4, 0.5) is 0 Å². The van der Waals surface area contributed by atoms with Crippen LogP contribution in [0.1, 0.15) is 11.1 Å². The molecule has 1 nitrogen and oxygen atoms in total. The molecule has 0 unspecified atom stereocenters. The second kappa shape index (κ2) is 3.67. The summed E-state index contributed by atoms with van der Waals surface area (Å²) in [6.07, 6.45) is 0. The van der Waals surface area contributed by atoms with Gasteiger partial charge in [-0.3, -0.25) is 0 Å². The van der Waals surface area contributed by atoms with Crippen molar-refractivity contribution in [3.8, 4) is 11.3 Å². The topological polar surface area (TPSA) is 15.8 Å². The lowest BCUT2D eigenvalue weighted by Crippen LogP contribution is -1.83. The van der Waals surface area contributed by atoms with E-state index in [4.69, 9.17) is 12.2 Å². The summed E-state index contributed by atoms with van der Waals surface area (Å²) in [5.74, 6) is 0. The first-order chi connectivity index (χ1) is 6.66. The van der Waals surface area contributed by atoms with Gasteiger partial charge in [-0.1, -0.05) is 12.1 Å². The zero-order valence-electron chi connectivity index (χ0n) is 8.13. The van der Waals surface area contributed by atoms with E-state index in [9.17, 15) is 0 Å². The second-order valence-corrected chi connectivity index (χ2v) is 4.91. The zero-order chi connectivity index (χ0) is 10.1. The van der Waals surface area contributed by atoms with Crippen molar-refractivity contribution in [1.29, 1.82) is 0 Å². The Hall–Kier alpha value is -0.930. The standard InChI is InChI=1S/C11H11NS2/c1-7-3-4-9(5-8(7)2)10-6-14-11(13)12-10/h3-6H,1-2H3,(H,12,13). The van der Waals surface area contributed by atoms with E-state index in [0.717, 1.165) is 9.65 Å². The van der Waals surface area contributed by atoms with Gasteiger partial charge in [0, 0.05) is 5.38 Å². The van der Waals surface area contributed by atoms with E-state index in [2.05, 4.69) is 42.4 Å². The molecule has 2 rings (SSSR count). The largest absolute Gasteiger partial charge is 0.337 e. The second-order valence-electron chi connectivity index (χ2n) is 3.36. The molecule has 0 saturated carbocycles. The van der Waals surface area contributed by atoms with Crippen molar-refractivity contribution >= 4 is 23.6 Å². The summed E-state index contributed by atoms with van der Waals surface area (Å²) < 4.78 is 0.832. The van der Waals surface area contributed by atoms with Gasteiger partial charge in [0.2, 0.25) is 0 Å². The maximum absolute atomic E-state index is 5.05. The van der Waals surface area contributed by atoms with Crippen molar-refractivity contribution in [3.63, 3.8) is 0 Å². The van der Waals surface area contributed by atoms with Crippen molar-refractivity contribution in [1.82, 2.24) is 4.98 Å². The molecule has 72 valence electrons. The van der Waals surface area contributed by atoms with Crippen LogP contribution in [0, 0.1) is 17.8 Å². The predicted molar refractivity (Wildman–Crippen MR) is 64.4 cm³/mol. The molecule has 1 heterocycles. The summed E-state index contributed by atoms with van der Waals surface area (Å²) in [5, 5.41) is 2.06. The highest BCUT2D eigenvalue weighted by Gasteiger charge is 2.00. The minimum atomic E-state index is 0.832. The minimum absolute atomic E-state index is 0.832. The summed E-state index contributed by atoms with van der Waals surface area (Å²) in [6.45, 7) is 4.24. The van der Waals surface area contributed by atoms with Gasteiger partial charge < -0.3 is 4.98 Å². The molecular weight excluding hydrogens is 210 g/mol. The van der Waals surface area contributed by atoms with Crippen molar-refractivity contribution < 1.29 is 0 Å². The molecule has 0 aliphatic carbocycles. The molecule has 0 atom stereocenters. The van der Waals surface area contributed by atoms with Crippen molar-refractivity contribution in [2.24, 2.45) is 0 Å². The molecule has 0 aliphatic rings. The van der Waals surface area contributed by atoms with E-state index in [0.29, 0.717) is 0 Å². The molecule has 0 saturated heterocycles. The Labute approximate surface area is 92.4 Å². The number of benzene rings is 1. The number of nitrogens with one attached hydrogen (secondary N) is 1.